The second-order valence-corrected chi connectivity index (χ2v) is 3.95. The highest BCUT2D eigenvalue weighted by Gasteiger charge is 2.16. The second kappa shape index (κ2) is 6.48. The molecule has 0 saturated heterocycles. The van der Waals surface area contributed by atoms with Gasteiger partial charge in [0.2, 0.25) is 0 Å². The van der Waals surface area contributed by atoms with Gasteiger partial charge in [0.15, 0.2) is 5.11 Å². The molecule has 0 radical (unpaired) electrons. The minimum Gasteiger partial charge on any atom is -0.448 e. The largest absolute Gasteiger partial charge is 0.448 e. The van der Waals surface area contributed by atoms with Gasteiger partial charge in [0.05, 0.1) is 12.3 Å². The quantitative estimate of drug-likeness (QED) is 0.379. The lowest BCUT2D eigenvalue weighted by Gasteiger charge is -2.18. The number of benzene rings is 1. The minimum absolute atomic E-state index is 0.0594. The van der Waals surface area contributed by atoms with E-state index in [0.29, 0.717) is 5.01 Å². The number of carbonyl (C=O) groups is 1. The van der Waals surface area contributed by atoms with Gasteiger partial charge in [-0.3, -0.25) is 0 Å². The molecule has 0 saturated carbocycles. The number of nitrogens with zero attached hydrogens (tertiary/aromatic N) is 1. The van der Waals surface area contributed by atoms with E-state index < -0.39 is 11.9 Å². The average molecular weight is 292 g/mol. The van der Waals surface area contributed by atoms with Crippen LogP contribution >= 0.6 is 23.8 Å². The van der Waals surface area contributed by atoms with Crippen LogP contribution in [-0.2, 0) is 4.74 Å². The number of carbonyl (C=O) groups excluding carboxylic acids is 1. The maximum Gasteiger partial charge on any atom is 0.430 e. The van der Waals surface area contributed by atoms with Gasteiger partial charge in [-0.2, -0.15) is 5.01 Å². The molecule has 5 nitrogen and oxygen atoms in total. The van der Waals surface area contributed by atoms with Gasteiger partial charge in [0.1, 0.15) is 5.82 Å². The van der Waals surface area contributed by atoms with Crippen molar-refractivity contribution in [2.75, 3.05) is 11.9 Å². The van der Waals surface area contributed by atoms with Crippen LogP contribution in [0.4, 0.5) is 14.9 Å². The molecule has 0 atom stereocenters. The lowest BCUT2D eigenvalue weighted by Crippen LogP contribution is -2.45. The molecule has 8 heteroatoms. The molecule has 0 aliphatic heterocycles. The van der Waals surface area contributed by atoms with Crippen molar-refractivity contribution in [1.29, 1.82) is 0 Å². The van der Waals surface area contributed by atoms with Crippen LogP contribution in [0.25, 0.3) is 0 Å². The Morgan fingerprint density at radius 3 is 2.89 bits per heavy atom. The van der Waals surface area contributed by atoms with Crippen LogP contribution in [0.15, 0.2) is 18.2 Å². The summed E-state index contributed by atoms with van der Waals surface area (Å²) in [5.74, 6) is 4.77. The molecule has 0 heterocycles. The number of hydrogen-bond donors (Lipinski definition) is 2. The molecule has 0 bridgehead atoms. The molecule has 0 fully saturated rings. The summed E-state index contributed by atoms with van der Waals surface area (Å²) in [7, 11) is 0. The van der Waals surface area contributed by atoms with Gasteiger partial charge in [-0.05, 0) is 37.3 Å². The Labute approximate surface area is 114 Å². The summed E-state index contributed by atoms with van der Waals surface area (Å²) in [6.07, 6.45) is -0.829. The van der Waals surface area contributed by atoms with E-state index in [1.807, 2.05) is 0 Å². The molecule has 0 spiro atoms. The van der Waals surface area contributed by atoms with E-state index in [9.17, 15) is 9.18 Å². The normalized spacial score (nSPS) is 9.78. The van der Waals surface area contributed by atoms with Crippen molar-refractivity contribution >= 4 is 40.7 Å². The molecule has 0 aliphatic carbocycles. The molecule has 3 N–H and O–H groups in total. The first-order chi connectivity index (χ1) is 8.45. The van der Waals surface area contributed by atoms with Gasteiger partial charge in [0.25, 0.3) is 0 Å². The van der Waals surface area contributed by atoms with E-state index in [4.69, 9.17) is 29.7 Å². The lowest BCUT2D eigenvalue weighted by atomic mass is 10.3. The fourth-order valence-corrected chi connectivity index (χ4v) is 1.39. The second-order valence-electron chi connectivity index (χ2n) is 3.12. The maximum atomic E-state index is 13.4. The predicted octanol–water partition coefficient (Wildman–Crippen LogP) is 2.51. The molecule has 1 rings (SSSR count). The molecule has 0 aromatic heterocycles. The molecular formula is C10H11ClFN3O2S. The summed E-state index contributed by atoms with van der Waals surface area (Å²) in [5, 5.41) is 3.11. The van der Waals surface area contributed by atoms with Crippen LogP contribution in [-0.4, -0.2) is 22.8 Å². The summed E-state index contributed by atoms with van der Waals surface area (Å²) in [6, 6.07) is 3.96. The number of thiocarbonyl (C=S) groups is 1. The molecule has 1 aromatic carbocycles. The van der Waals surface area contributed by atoms with Gasteiger partial charge < -0.3 is 10.1 Å². The van der Waals surface area contributed by atoms with Crippen molar-refractivity contribution < 1.29 is 13.9 Å². The fraction of sp³-hybridized carbons (Fsp3) is 0.200. The van der Waals surface area contributed by atoms with Gasteiger partial charge in [-0.15, -0.1) is 0 Å². The number of rotatable bonds is 2. The Hall–Kier alpha value is -1.44. The van der Waals surface area contributed by atoms with Crippen LogP contribution in [0.5, 0.6) is 0 Å². The summed E-state index contributed by atoms with van der Waals surface area (Å²) >= 11 is 10.4. The number of nitrogens with one attached hydrogen (secondary N) is 1. The molecule has 18 heavy (non-hydrogen) atoms. The minimum atomic E-state index is -0.829. The number of hydrazine groups is 1. The number of nitrogens with two attached hydrogens (primary N) is 1. The van der Waals surface area contributed by atoms with Crippen molar-refractivity contribution in [2.24, 2.45) is 5.84 Å². The summed E-state index contributed by atoms with van der Waals surface area (Å²) in [4.78, 5) is 11.3. The van der Waals surface area contributed by atoms with Crippen LogP contribution in [0, 0.1) is 5.82 Å². The van der Waals surface area contributed by atoms with Crippen molar-refractivity contribution in [3.8, 4) is 0 Å². The number of hydrogen-bond acceptors (Lipinski definition) is 4. The van der Waals surface area contributed by atoms with E-state index in [0.717, 1.165) is 6.07 Å². The van der Waals surface area contributed by atoms with Crippen LogP contribution in [0.3, 0.4) is 0 Å². The standard InChI is InChI=1S/C10H11ClFN3O2S/c1-2-17-10(16)15(13)9(18)14-8-4-3-6(11)5-7(8)12/h3-5H,2,13H2,1H3,(H,14,18). The highest BCUT2D eigenvalue weighted by Crippen LogP contribution is 2.19. The van der Waals surface area contributed by atoms with Crippen LogP contribution < -0.4 is 11.2 Å². The summed E-state index contributed by atoms with van der Waals surface area (Å²) in [6.45, 7) is 1.78. The molecular weight excluding hydrogens is 281 g/mol. The zero-order chi connectivity index (χ0) is 13.7. The van der Waals surface area contributed by atoms with Gasteiger partial charge >= 0.3 is 6.09 Å². The molecule has 1 amide bonds. The number of halogens is 2. The van der Waals surface area contributed by atoms with E-state index in [-0.39, 0.29) is 22.4 Å². The monoisotopic (exact) mass is 291 g/mol. The Morgan fingerprint density at radius 2 is 2.33 bits per heavy atom. The Bertz CT molecular complexity index is 472. The third kappa shape index (κ3) is 3.80. The van der Waals surface area contributed by atoms with E-state index in [1.54, 1.807) is 6.92 Å². The lowest BCUT2D eigenvalue weighted by molar-refractivity contribution is 0.129. The van der Waals surface area contributed by atoms with Gasteiger partial charge in [0, 0.05) is 5.02 Å². The fourth-order valence-electron chi connectivity index (χ4n) is 1.04. The van der Waals surface area contributed by atoms with Crippen molar-refractivity contribution in [3.63, 3.8) is 0 Å². The zero-order valence-electron chi connectivity index (χ0n) is 9.44. The van der Waals surface area contributed by atoms with E-state index in [1.165, 1.54) is 12.1 Å². The highest BCUT2D eigenvalue weighted by atomic mass is 35.5. The molecule has 1 aromatic rings. The Kier molecular flexibility index (Phi) is 5.26. The average Bonchev–Trinajstić information content (AvgIpc) is 2.32. The Morgan fingerprint density at radius 1 is 1.67 bits per heavy atom. The maximum absolute atomic E-state index is 13.4. The third-order valence-corrected chi connectivity index (χ3v) is 2.39. The van der Waals surface area contributed by atoms with E-state index in [2.05, 4.69) is 10.1 Å². The SMILES string of the molecule is CCOC(=O)N(N)C(=S)Nc1ccc(Cl)cc1F. The van der Waals surface area contributed by atoms with Crippen molar-refractivity contribution in [3.05, 3.63) is 29.0 Å². The first-order valence-electron chi connectivity index (χ1n) is 4.93. The number of amides is 1. The predicted molar refractivity (Wildman–Crippen MR) is 70.7 cm³/mol. The van der Waals surface area contributed by atoms with Gasteiger partial charge in [-0.25, -0.2) is 15.0 Å². The van der Waals surface area contributed by atoms with Crippen molar-refractivity contribution in [2.45, 2.75) is 6.92 Å². The summed E-state index contributed by atoms with van der Waals surface area (Å²) < 4.78 is 18.1. The smallest absolute Gasteiger partial charge is 0.430 e. The third-order valence-electron chi connectivity index (χ3n) is 1.86. The van der Waals surface area contributed by atoms with E-state index >= 15 is 0 Å². The Balaban J connectivity index is 2.72. The highest BCUT2D eigenvalue weighted by molar-refractivity contribution is 7.80. The summed E-state index contributed by atoms with van der Waals surface area (Å²) in [5.41, 5.74) is 0.0594. The zero-order valence-corrected chi connectivity index (χ0v) is 11.0. The van der Waals surface area contributed by atoms with Crippen LogP contribution in [0.1, 0.15) is 6.92 Å². The van der Waals surface area contributed by atoms with Crippen LogP contribution in [0.2, 0.25) is 5.02 Å². The molecule has 98 valence electrons. The first kappa shape index (κ1) is 14.6. The number of anilines is 1. The molecule has 0 aliphatic rings. The van der Waals surface area contributed by atoms with Gasteiger partial charge in [-0.1, -0.05) is 11.6 Å². The number of ether oxygens (including phenoxy) is 1. The topological polar surface area (TPSA) is 67.6 Å². The first-order valence-corrected chi connectivity index (χ1v) is 5.72. The van der Waals surface area contributed by atoms with Crippen molar-refractivity contribution in [1.82, 2.24) is 5.01 Å². The molecule has 0 unspecified atom stereocenters.